The molecule has 1 unspecified atom stereocenters. The van der Waals surface area contributed by atoms with Gasteiger partial charge >= 0.3 is 0 Å². The summed E-state index contributed by atoms with van der Waals surface area (Å²) < 4.78 is 10.5. The SMILES string of the molecule is Cc1c(N)cc(C(CO)OCCOCCO)c(O)c1N. The van der Waals surface area contributed by atoms with Gasteiger partial charge in [0, 0.05) is 11.3 Å². The number of anilines is 2. The molecule has 7 N–H and O–H groups in total. The molecule has 0 aliphatic carbocycles. The zero-order chi connectivity index (χ0) is 15.1. The Labute approximate surface area is 117 Å². The van der Waals surface area contributed by atoms with E-state index in [1.807, 2.05) is 0 Å². The van der Waals surface area contributed by atoms with Crippen LogP contribution in [0.3, 0.4) is 0 Å². The predicted molar refractivity (Wildman–Crippen MR) is 75.4 cm³/mol. The van der Waals surface area contributed by atoms with Crippen LogP contribution in [-0.4, -0.2) is 48.4 Å². The summed E-state index contributed by atoms with van der Waals surface area (Å²) in [4.78, 5) is 0. The number of nitrogen functional groups attached to an aromatic ring is 2. The molecule has 0 saturated carbocycles. The van der Waals surface area contributed by atoms with E-state index in [9.17, 15) is 10.2 Å². The Bertz CT molecular complexity index is 439. The van der Waals surface area contributed by atoms with Gasteiger partial charge in [-0.25, -0.2) is 0 Å². The molecule has 0 fully saturated rings. The molecule has 114 valence electrons. The molecule has 0 bridgehead atoms. The lowest BCUT2D eigenvalue weighted by molar-refractivity contribution is -0.0255. The van der Waals surface area contributed by atoms with Crippen LogP contribution in [0.25, 0.3) is 0 Å². The van der Waals surface area contributed by atoms with E-state index in [0.29, 0.717) is 16.8 Å². The summed E-state index contributed by atoms with van der Waals surface area (Å²) >= 11 is 0. The lowest BCUT2D eigenvalue weighted by atomic mass is 10.0. The Morgan fingerprint density at radius 1 is 1.20 bits per heavy atom. The summed E-state index contributed by atoms with van der Waals surface area (Å²) in [5, 5.41) is 27.9. The van der Waals surface area contributed by atoms with Crippen LogP contribution in [0, 0.1) is 6.92 Å². The van der Waals surface area contributed by atoms with E-state index in [-0.39, 0.29) is 44.5 Å². The highest BCUT2D eigenvalue weighted by atomic mass is 16.5. The maximum absolute atomic E-state index is 10.0. The molecule has 0 amide bonds. The number of aliphatic hydroxyl groups is 2. The number of phenolic OH excluding ortho intramolecular Hbond substituents is 1. The molecule has 0 radical (unpaired) electrons. The maximum atomic E-state index is 10.0. The molecule has 7 nitrogen and oxygen atoms in total. The van der Waals surface area contributed by atoms with Gasteiger partial charge in [0.15, 0.2) is 0 Å². The van der Waals surface area contributed by atoms with Crippen molar-refractivity contribution in [3.63, 3.8) is 0 Å². The number of aromatic hydroxyl groups is 1. The van der Waals surface area contributed by atoms with Crippen LogP contribution in [-0.2, 0) is 9.47 Å². The standard InChI is InChI=1S/C13H22N2O5/c1-8-10(14)6-9(13(18)12(8)15)11(7-17)20-5-4-19-3-2-16/h6,11,16-18H,2-5,7,14-15H2,1H3. The zero-order valence-electron chi connectivity index (χ0n) is 11.5. The van der Waals surface area contributed by atoms with E-state index in [1.165, 1.54) is 6.07 Å². The predicted octanol–water partition coefficient (Wildman–Crippen LogP) is -0.0761. The number of hydrogen-bond acceptors (Lipinski definition) is 7. The minimum Gasteiger partial charge on any atom is -0.505 e. The van der Waals surface area contributed by atoms with Gasteiger partial charge in [0.2, 0.25) is 0 Å². The van der Waals surface area contributed by atoms with Crippen LogP contribution in [0.1, 0.15) is 17.2 Å². The van der Waals surface area contributed by atoms with E-state index < -0.39 is 6.10 Å². The summed E-state index contributed by atoms with van der Waals surface area (Å²) in [5.41, 5.74) is 13.1. The van der Waals surface area contributed by atoms with Crippen molar-refractivity contribution in [3.05, 3.63) is 17.2 Å². The number of ether oxygens (including phenoxy) is 2. The first-order valence-corrected chi connectivity index (χ1v) is 6.31. The van der Waals surface area contributed by atoms with Crippen LogP contribution in [0.5, 0.6) is 5.75 Å². The summed E-state index contributed by atoms with van der Waals surface area (Å²) in [6.07, 6.45) is -0.738. The Hall–Kier alpha value is -1.54. The summed E-state index contributed by atoms with van der Waals surface area (Å²) in [6.45, 7) is 2.02. The second-order valence-corrected chi connectivity index (χ2v) is 4.32. The van der Waals surface area contributed by atoms with Crippen molar-refractivity contribution < 1.29 is 24.8 Å². The van der Waals surface area contributed by atoms with Crippen molar-refractivity contribution in [2.24, 2.45) is 0 Å². The van der Waals surface area contributed by atoms with E-state index in [2.05, 4.69) is 0 Å². The van der Waals surface area contributed by atoms with Crippen LogP contribution in [0.4, 0.5) is 11.4 Å². The Balaban J connectivity index is 2.75. The molecule has 7 heteroatoms. The highest BCUT2D eigenvalue weighted by molar-refractivity contribution is 5.70. The minimum absolute atomic E-state index is 0.0603. The third kappa shape index (κ3) is 3.97. The Morgan fingerprint density at radius 2 is 1.90 bits per heavy atom. The van der Waals surface area contributed by atoms with Gasteiger partial charge in [0.1, 0.15) is 11.9 Å². The lowest BCUT2D eigenvalue weighted by Gasteiger charge is -2.20. The van der Waals surface area contributed by atoms with Crippen molar-refractivity contribution in [1.29, 1.82) is 0 Å². The zero-order valence-corrected chi connectivity index (χ0v) is 11.5. The fourth-order valence-electron chi connectivity index (χ4n) is 1.73. The number of phenols is 1. The van der Waals surface area contributed by atoms with Gasteiger partial charge in [-0.3, -0.25) is 0 Å². The topological polar surface area (TPSA) is 131 Å². The monoisotopic (exact) mass is 286 g/mol. The third-order valence-corrected chi connectivity index (χ3v) is 2.97. The van der Waals surface area contributed by atoms with Gasteiger partial charge in [-0.05, 0) is 18.6 Å². The number of hydrogen-bond donors (Lipinski definition) is 5. The fraction of sp³-hybridized carbons (Fsp3) is 0.538. The molecule has 1 atom stereocenters. The number of rotatable bonds is 8. The second-order valence-electron chi connectivity index (χ2n) is 4.32. The van der Waals surface area contributed by atoms with Crippen molar-refractivity contribution in [2.75, 3.05) is 44.5 Å². The molecule has 0 spiro atoms. The molecule has 20 heavy (non-hydrogen) atoms. The van der Waals surface area contributed by atoms with Gasteiger partial charge < -0.3 is 36.3 Å². The average Bonchev–Trinajstić information content (AvgIpc) is 2.45. The van der Waals surface area contributed by atoms with Crippen molar-refractivity contribution >= 4 is 11.4 Å². The first-order chi connectivity index (χ1) is 9.52. The van der Waals surface area contributed by atoms with E-state index in [0.717, 1.165) is 0 Å². The van der Waals surface area contributed by atoms with Crippen molar-refractivity contribution in [2.45, 2.75) is 13.0 Å². The first-order valence-electron chi connectivity index (χ1n) is 6.31. The highest BCUT2D eigenvalue weighted by Gasteiger charge is 2.19. The van der Waals surface area contributed by atoms with Gasteiger partial charge in [-0.2, -0.15) is 0 Å². The number of benzene rings is 1. The molecule has 0 saturated heterocycles. The quantitative estimate of drug-likeness (QED) is 0.195. The molecular weight excluding hydrogens is 264 g/mol. The van der Waals surface area contributed by atoms with Crippen LogP contribution in [0.2, 0.25) is 0 Å². The molecule has 0 heterocycles. The van der Waals surface area contributed by atoms with E-state index in [4.69, 9.17) is 26.0 Å². The number of aliphatic hydroxyl groups excluding tert-OH is 2. The average molecular weight is 286 g/mol. The largest absolute Gasteiger partial charge is 0.505 e. The van der Waals surface area contributed by atoms with Gasteiger partial charge in [0.05, 0.1) is 38.7 Å². The molecule has 0 aliphatic rings. The Kier molecular flexibility index (Phi) is 6.53. The molecule has 1 aromatic rings. The first kappa shape index (κ1) is 16.5. The normalized spacial score (nSPS) is 12.6. The second kappa shape index (κ2) is 7.91. The van der Waals surface area contributed by atoms with Crippen LogP contribution in [0.15, 0.2) is 6.07 Å². The van der Waals surface area contributed by atoms with Gasteiger partial charge in [-0.1, -0.05) is 0 Å². The summed E-state index contributed by atoms with van der Waals surface area (Å²) in [5.74, 6) is -0.132. The van der Waals surface area contributed by atoms with E-state index in [1.54, 1.807) is 6.92 Å². The van der Waals surface area contributed by atoms with Gasteiger partial charge in [-0.15, -0.1) is 0 Å². The fourth-order valence-corrected chi connectivity index (χ4v) is 1.73. The van der Waals surface area contributed by atoms with Crippen LogP contribution >= 0.6 is 0 Å². The summed E-state index contributed by atoms with van der Waals surface area (Å²) in [6, 6.07) is 1.54. The molecule has 0 aromatic heterocycles. The highest BCUT2D eigenvalue weighted by Crippen LogP contribution is 2.37. The molecule has 0 aliphatic heterocycles. The maximum Gasteiger partial charge on any atom is 0.144 e. The lowest BCUT2D eigenvalue weighted by Crippen LogP contribution is -2.15. The number of nitrogens with two attached hydrogens (primary N) is 2. The van der Waals surface area contributed by atoms with Crippen LogP contribution < -0.4 is 11.5 Å². The van der Waals surface area contributed by atoms with Crippen molar-refractivity contribution in [3.8, 4) is 5.75 Å². The third-order valence-electron chi connectivity index (χ3n) is 2.97. The molecule has 1 rings (SSSR count). The smallest absolute Gasteiger partial charge is 0.144 e. The van der Waals surface area contributed by atoms with E-state index >= 15 is 0 Å². The Morgan fingerprint density at radius 3 is 2.50 bits per heavy atom. The van der Waals surface area contributed by atoms with Crippen molar-refractivity contribution in [1.82, 2.24) is 0 Å². The minimum atomic E-state index is -0.738. The molecule has 1 aromatic carbocycles. The summed E-state index contributed by atoms with van der Waals surface area (Å²) in [7, 11) is 0. The van der Waals surface area contributed by atoms with Gasteiger partial charge in [0.25, 0.3) is 0 Å². The molecular formula is C13H22N2O5.